The summed E-state index contributed by atoms with van der Waals surface area (Å²) in [6.07, 6.45) is 3.45. The average Bonchev–Trinajstić information content (AvgIpc) is 2.61. The van der Waals surface area contributed by atoms with Crippen molar-refractivity contribution in [3.8, 4) is 0 Å². The van der Waals surface area contributed by atoms with Crippen LogP contribution in [0.5, 0.6) is 0 Å². The quantitative estimate of drug-likeness (QED) is 0.707. The van der Waals surface area contributed by atoms with Crippen LogP contribution in [0.3, 0.4) is 0 Å². The lowest BCUT2D eigenvalue weighted by Gasteiger charge is -2.11. The van der Waals surface area contributed by atoms with Crippen molar-refractivity contribution in [3.05, 3.63) is 36.0 Å². The molecule has 2 rings (SSSR count). The SMILES string of the molecule is CCC(C)Cn1ccc2ccc(C)cc21. The largest absolute Gasteiger partial charge is 0.347 e. The number of fused-ring (bicyclic) bond motifs is 1. The molecule has 1 aromatic carbocycles. The smallest absolute Gasteiger partial charge is 0.0483 e. The molecule has 0 fully saturated rings. The van der Waals surface area contributed by atoms with E-state index in [1.165, 1.54) is 22.9 Å². The molecule has 80 valence electrons. The standard InChI is InChI=1S/C14H19N/c1-4-11(2)10-15-8-7-13-6-5-12(3)9-14(13)15/h5-9,11H,4,10H2,1-3H3. The van der Waals surface area contributed by atoms with Crippen LogP contribution in [-0.2, 0) is 6.54 Å². The van der Waals surface area contributed by atoms with Crippen molar-refractivity contribution in [2.75, 3.05) is 0 Å². The Bertz CT molecular complexity index is 453. The van der Waals surface area contributed by atoms with Gasteiger partial charge >= 0.3 is 0 Å². The van der Waals surface area contributed by atoms with Crippen LogP contribution in [-0.4, -0.2) is 4.57 Å². The van der Waals surface area contributed by atoms with Crippen LogP contribution in [0.4, 0.5) is 0 Å². The Morgan fingerprint density at radius 3 is 2.80 bits per heavy atom. The van der Waals surface area contributed by atoms with E-state index in [1.54, 1.807) is 0 Å². The molecule has 0 saturated carbocycles. The summed E-state index contributed by atoms with van der Waals surface area (Å²) < 4.78 is 2.37. The maximum atomic E-state index is 2.37. The van der Waals surface area contributed by atoms with Crippen LogP contribution in [0, 0.1) is 12.8 Å². The van der Waals surface area contributed by atoms with Crippen molar-refractivity contribution in [3.63, 3.8) is 0 Å². The topological polar surface area (TPSA) is 4.93 Å². The predicted octanol–water partition coefficient (Wildman–Crippen LogP) is 4.00. The van der Waals surface area contributed by atoms with Gasteiger partial charge in [0.25, 0.3) is 0 Å². The molecule has 0 N–H and O–H groups in total. The van der Waals surface area contributed by atoms with E-state index < -0.39 is 0 Å². The van der Waals surface area contributed by atoms with Crippen molar-refractivity contribution in [2.24, 2.45) is 5.92 Å². The fourth-order valence-corrected chi connectivity index (χ4v) is 1.92. The third kappa shape index (κ3) is 2.06. The van der Waals surface area contributed by atoms with E-state index in [0.717, 1.165) is 12.5 Å². The number of nitrogens with zero attached hydrogens (tertiary/aromatic N) is 1. The molecular weight excluding hydrogens is 182 g/mol. The molecule has 1 aromatic heterocycles. The first kappa shape index (κ1) is 10.3. The highest BCUT2D eigenvalue weighted by molar-refractivity contribution is 5.80. The Labute approximate surface area is 91.7 Å². The van der Waals surface area contributed by atoms with Crippen molar-refractivity contribution < 1.29 is 0 Å². The van der Waals surface area contributed by atoms with Gasteiger partial charge in [0.1, 0.15) is 0 Å². The van der Waals surface area contributed by atoms with E-state index in [-0.39, 0.29) is 0 Å². The van der Waals surface area contributed by atoms with E-state index in [2.05, 4.69) is 55.8 Å². The van der Waals surface area contributed by atoms with Gasteiger partial charge in [-0.3, -0.25) is 0 Å². The molecule has 2 aromatic rings. The lowest BCUT2D eigenvalue weighted by atomic mass is 10.1. The Morgan fingerprint density at radius 1 is 1.27 bits per heavy atom. The molecular formula is C14H19N. The lowest BCUT2D eigenvalue weighted by molar-refractivity contribution is 0.477. The molecule has 0 spiro atoms. The average molecular weight is 201 g/mol. The van der Waals surface area contributed by atoms with Crippen LogP contribution in [0.15, 0.2) is 30.5 Å². The van der Waals surface area contributed by atoms with Crippen molar-refractivity contribution in [1.82, 2.24) is 4.57 Å². The summed E-state index contributed by atoms with van der Waals surface area (Å²) in [6, 6.07) is 8.86. The minimum Gasteiger partial charge on any atom is -0.347 e. The van der Waals surface area contributed by atoms with Crippen molar-refractivity contribution in [2.45, 2.75) is 33.7 Å². The summed E-state index contributed by atoms with van der Waals surface area (Å²) in [4.78, 5) is 0. The third-order valence-corrected chi connectivity index (χ3v) is 3.13. The zero-order chi connectivity index (χ0) is 10.8. The van der Waals surface area contributed by atoms with Gasteiger partial charge in [-0.2, -0.15) is 0 Å². The van der Waals surface area contributed by atoms with E-state index >= 15 is 0 Å². The monoisotopic (exact) mass is 201 g/mol. The number of benzene rings is 1. The highest BCUT2D eigenvalue weighted by atomic mass is 15.0. The third-order valence-electron chi connectivity index (χ3n) is 3.13. The van der Waals surface area contributed by atoms with E-state index in [0.29, 0.717) is 0 Å². The Hall–Kier alpha value is -1.24. The Morgan fingerprint density at radius 2 is 2.07 bits per heavy atom. The Kier molecular flexibility index (Phi) is 2.81. The van der Waals surface area contributed by atoms with Gasteiger partial charge in [0.15, 0.2) is 0 Å². The maximum absolute atomic E-state index is 2.37. The molecule has 0 aliphatic heterocycles. The number of hydrogen-bond donors (Lipinski definition) is 0. The second kappa shape index (κ2) is 4.09. The fraction of sp³-hybridized carbons (Fsp3) is 0.429. The van der Waals surface area contributed by atoms with E-state index in [4.69, 9.17) is 0 Å². The molecule has 1 unspecified atom stereocenters. The lowest BCUT2D eigenvalue weighted by Crippen LogP contribution is -2.05. The zero-order valence-electron chi connectivity index (χ0n) is 9.83. The summed E-state index contributed by atoms with van der Waals surface area (Å²) in [5.74, 6) is 0.751. The summed E-state index contributed by atoms with van der Waals surface area (Å²) >= 11 is 0. The zero-order valence-corrected chi connectivity index (χ0v) is 9.83. The minimum absolute atomic E-state index is 0.751. The summed E-state index contributed by atoms with van der Waals surface area (Å²) in [6.45, 7) is 7.84. The van der Waals surface area contributed by atoms with E-state index in [9.17, 15) is 0 Å². The number of aromatic nitrogens is 1. The molecule has 0 aliphatic carbocycles. The van der Waals surface area contributed by atoms with Gasteiger partial charge in [0, 0.05) is 18.3 Å². The van der Waals surface area contributed by atoms with Gasteiger partial charge in [0.2, 0.25) is 0 Å². The molecule has 0 aliphatic rings. The first-order valence-electron chi connectivity index (χ1n) is 5.76. The Balaban J connectivity index is 2.39. The van der Waals surface area contributed by atoms with Gasteiger partial charge in [-0.15, -0.1) is 0 Å². The highest BCUT2D eigenvalue weighted by Crippen LogP contribution is 2.19. The van der Waals surface area contributed by atoms with Crippen LogP contribution >= 0.6 is 0 Å². The van der Waals surface area contributed by atoms with Crippen molar-refractivity contribution >= 4 is 10.9 Å². The summed E-state index contributed by atoms with van der Waals surface area (Å²) in [5, 5.41) is 1.35. The van der Waals surface area contributed by atoms with Gasteiger partial charge in [-0.05, 0) is 35.9 Å². The van der Waals surface area contributed by atoms with Crippen LogP contribution in [0.1, 0.15) is 25.8 Å². The van der Waals surface area contributed by atoms with Crippen LogP contribution in [0.25, 0.3) is 10.9 Å². The fourth-order valence-electron chi connectivity index (χ4n) is 1.92. The minimum atomic E-state index is 0.751. The van der Waals surface area contributed by atoms with Crippen LogP contribution in [0.2, 0.25) is 0 Å². The van der Waals surface area contributed by atoms with E-state index in [1.807, 2.05) is 0 Å². The summed E-state index contributed by atoms with van der Waals surface area (Å²) in [7, 11) is 0. The van der Waals surface area contributed by atoms with Gasteiger partial charge in [0.05, 0.1) is 0 Å². The highest BCUT2D eigenvalue weighted by Gasteiger charge is 2.04. The molecule has 1 atom stereocenters. The molecule has 1 heterocycles. The number of hydrogen-bond acceptors (Lipinski definition) is 0. The second-order valence-corrected chi connectivity index (χ2v) is 4.54. The first-order valence-corrected chi connectivity index (χ1v) is 5.76. The number of rotatable bonds is 3. The van der Waals surface area contributed by atoms with Crippen molar-refractivity contribution in [1.29, 1.82) is 0 Å². The molecule has 0 bridgehead atoms. The van der Waals surface area contributed by atoms with Crippen LogP contribution < -0.4 is 0 Å². The van der Waals surface area contributed by atoms with Gasteiger partial charge in [-0.1, -0.05) is 32.4 Å². The second-order valence-electron chi connectivity index (χ2n) is 4.54. The normalized spacial score (nSPS) is 13.3. The number of aryl methyl sites for hydroxylation is 1. The van der Waals surface area contributed by atoms with Gasteiger partial charge in [-0.25, -0.2) is 0 Å². The first-order chi connectivity index (χ1) is 7.20. The molecule has 0 amide bonds. The molecule has 15 heavy (non-hydrogen) atoms. The summed E-state index contributed by atoms with van der Waals surface area (Å²) in [5.41, 5.74) is 2.71. The van der Waals surface area contributed by atoms with Gasteiger partial charge < -0.3 is 4.57 Å². The molecule has 1 nitrogen and oxygen atoms in total. The predicted molar refractivity (Wildman–Crippen MR) is 66.1 cm³/mol. The molecule has 1 heteroatoms. The maximum Gasteiger partial charge on any atom is 0.0483 e. The molecule has 0 saturated heterocycles. The molecule has 0 radical (unpaired) electrons.